The van der Waals surface area contributed by atoms with Gasteiger partial charge in [-0.2, -0.15) is 0 Å². The molecule has 0 aliphatic rings. The Morgan fingerprint density at radius 3 is 1.53 bits per heavy atom. The van der Waals surface area contributed by atoms with E-state index in [0.29, 0.717) is 39.5 Å². The third-order valence-electron chi connectivity index (χ3n) is 2.06. The van der Waals surface area contributed by atoms with Crippen molar-refractivity contribution < 1.29 is 29.9 Å². The van der Waals surface area contributed by atoms with E-state index in [-0.39, 0.29) is 26.4 Å². The van der Waals surface area contributed by atoms with Crippen molar-refractivity contribution in [3.8, 4) is 0 Å². The fourth-order valence-corrected chi connectivity index (χ4v) is 1.19. The summed E-state index contributed by atoms with van der Waals surface area (Å²) >= 11 is 0. The molecule has 0 saturated carbocycles. The molecule has 0 aromatic heterocycles. The first-order valence-electron chi connectivity index (χ1n) is 6.58. The lowest BCUT2D eigenvalue weighted by Crippen LogP contribution is -2.32. The third-order valence-corrected chi connectivity index (χ3v) is 2.06. The van der Waals surface area contributed by atoms with Crippen LogP contribution < -0.4 is 0 Å². The molecule has 0 spiro atoms. The van der Waals surface area contributed by atoms with Crippen molar-refractivity contribution in [1.82, 2.24) is 4.90 Å². The van der Waals surface area contributed by atoms with Gasteiger partial charge in [0.05, 0.1) is 46.2 Å². The summed E-state index contributed by atoms with van der Waals surface area (Å²) in [5, 5.41) is 33.7. The fourth-order valence-electron chi connectivity index (χ4n) is 1.19. The van der Waals surface area contributed by atoms with Crippen molar-refractivity contribution in [2.75, 3.05) is 72.5 Å². The molecule has 0 aliphatic carbocycles. The van der Waals surface area contributed by atoms with Gasteiger partial charge in [0.1, 0.15) is 0 Å². The van der Waals surface area contributed by atoms with Crippen LogP contribution in [0.3, 0.4) is 0 Å². The van der Waals surface area contributed by atoms with Crippen LogP contribution in [0.5, 0.6) is 0 Å². The Balaban J connectivity index is 0. The van der Waals surface area contributed by atoms with Crippen LogP contribution >= 0.6 is 0 Å². The predicted octanol–water partition coefficient (Wildman–Crippen LogP) is -1.70. The lowest BCUT2D eigenvalue weighted by Gasteiger charge is -2.17. The molecule has 0 aromatic carbocycles. The van der Waals surface area contributed by atoms with Crippen LogP contribution in [0.2, 0.25) is 0 Å². The van der Waals surface area contributed by atoms with Gasteiger partial charge in [-0.3, -0.25) is 4.90 Å². The summed E-state index contributed by atoms with van der Waals surface area (Å²) in [5.41, 5.74) is 0. The Hall–Kier alpha value is -0.280. The maximum atomic E-state index is 8.48. The second kappa shape index (κ2) is 20.0. The molecule has 0 amide bonds. The second-order valence-electron chi connectivity index (χ2n) is 3.55. The summed E-state index contributed by atoms with van der Waals surface area (Å²) in [4.78, 5) is 1.79. The SMILES string of the molecule is CCOCCOCCO.OCCN(CCO)CCO. The van der Waals surface area contributed by atoms with Crippen LogP contribution in [-0.2, 0) is 9.47 Å². The number of aliphatic hydroxyl groups excluding tert-OH is 4. The summed E-state index contributed by atoms with van der Waals surface area (Å²) in [5.74, 6) is 0. The van der Waals surface area contributed by atoms with E-state index in [9.17, 15) is 0 Å². The van der Waals surface area contributed by atoms with Crippen LogP contribution in [0.4, 0.5) is 0 Å². The summed E-state index contributed by atoms with van der Waals surface area (Å²) in [6.07, 6.45) is 0. The molecule has 4 N–H and O–H groups in total. The number of rotatable bonds is 12. The zero-order valence-corrected chi connectivity index (χ0v) is 11.8. The Morgan fingerprint density at radius 1 is 0.684 bits per heavy atom. The van der Waals surface area contributed by atoms with Crippen molar-refractivity contribution in [2.45, 2.75) is 6.92 Å². The van der Waals surface area contributed by atoms with Gasteiger partial charge in [0.25, 0.3) is 0 Å². The fraction of sp³-hybridized carbons (Fsp3) is 1.00. The third kappa shape index (κ3) is 20.2. The molecule has 19 heavy (non-hydrogen) atoms. The van der Waals surface area contributed by atoms with Crippen LogP contribution in [0.25, 0.3) is 0 Å². The summed E-state index contributed by atoms with van der Waals surface area (Å²) in [6.45, 7) is 6.11. The smallest absolute Gasteiger partial charge is 0.0701 e. The standard InChI is InChI=1S/C6H15NO3.C6H14O3/c8-4-1-7(2-5-9)3-6-10;1-2-8-5-6-9-4-3-7/h8-10H,1-6H2;7H,2-6H2,1H3. The number of hydrogen-bond acceptors (Lipinski definition) is 7. The molecule has 0 radical (unpaired) electrons. The molecule has 0 unspecified atom stereocenters. The average molecular weight is 283 g/mol. The van der Waals surface area contributed by atoms with E-state index in [0.717, 1.165) is 6.61 Å². The van der Waals surface area contributed by atoms with Crippen molar-refractivity contribution in [3.05, 3.63) is 0 Å². The Kier molecular flexibility index (Phi) is 22.2. The Bertz CT molecular complexity index is 130. The molecule has 0 fully saturated rings. The molecule has 118 valence electrons. The quantitative estimate of drug-likeness (QED) is 0.317. The van der Waals surface area contributed by atoms with E-state index >= 15 is 0 Å². The van der Waals surface area contributed by atoms with Crippen molar-refractivity contribution in [1.29, 1.82) is 0 Å². The minimum absolute atomic E-state index is 0.0694. The minimum Gasteiger partial charge on any atom is -0.395 e. The van der Waals surface area contributed by atoms with Gasteiger partial charge < -0.3 is 29.9 Å². The van der Waals surface area contributed by atoms with Gasteiger partial charge in [0.15, 0.2) is 0 Å². The zero-order chi connectivity index (χ0) is 14.8. The highest BCUT2D eigenvalue weighted by Gasteiger charge is 2.00. The first kappa shape index (κ1) is 21.0. The van der Waals surface area contributed by atoms with Gasteiger partial charge in [0, 0.05) is 26.2 Å². The van der Waals surface area contributed by atoms with Gasteiger partial charge in [0.2, 0.25) is 0 Å². The molecular formula is C12H29NO6. The molecule has 0 aliphatic heterocycles. The van der Waals surface area contributed by atoms with Crippen LogP contribution in [0.15, 0.2) is 0 Å². The zero-order valence-electron chi connectivity index (χ0n) is 11.8. The van der Waals surface area contributed by atoms with E-state index in [4.69, 9.17) is 29.9 Å². The molecule has 7 nitrogen and oxygen atoms in total. The second-order valence-corrected chi connectivity index (χ2v) is 3.55. The number of aliphatic hydroxyl groups is 4. The Labute approximate surface area is 115 Å². The summed E-state index contributed by atoms with van der Waals surface area (Å²) in [6, 6.07) is 0. The van der Waals surface area contributed by atoms with Crippen molar-refractivity contribution in [2.24, 2.45) is 0 Å². The van der Waals surface area contributed by atoms with Gasteiger partial charge in [-0.25, -0.2) is 0 Å². The highest BCUT2D eigenvalue weighted by atomic mass is 16.5. The van der Waals surface area contributed by atoms with Gasteiger partial charge in [-0.1, -0.05) is 0 Å². The molecular weight excluding hydrogens is 254 g/mol. The number of ether oxygens (including phenoxy) is 2. The van der Waals surface area contributed by atoms with Crippen molar-refractivity contribution >= 4 is 0 Å². The highest BCUT2D eigenvalue weighted by molar-refractivity contribution is 4.54. The normalized spacial score (nSPS) is 10.4. The molecule has 0 atom stereocenters. The maximum Gasteiger partial charge on any atom is 0.0701 e. The monoisotopic (exact) mass is 283 g/mol. The molecule has 0 heterocycles. The Morgan fingerprint density at radius 2 is 1.16 bits per heavy atom. The molecule has 0 saturated heterocycles. The highest BCUT2D eigenvalue weighted by Crippen LogP contribution is 1.84. The van der Waals surface area contributed by atoms with Crippen molar-refractivity contribution in [3.63, 3.8) is 0 Å². The lowest BCUT2D eigenvalue weighted by atomic mass is 10.4. The lowest BCUT2D eigenvalue weighted by molar-refractivity contribution is 0.0370. The average Bonchev–Trinajstić information content (AvgIpc) is 2.40. The van der Waals surface area contributed by atoms with Crippen LogP contribution in [-0.4, -0.2) is 97.8 Å². The predicted molar refractivity (Wildman–Crippen MR) is 72.1 cm³/mol. The van der Waals surface area contributed by atoms with E-state index < -0.39 is 0 Å². The molecule has 7 heteroatoms. The largest absolute Gasteiger partial charge is 0.395 e. The first-order valence-corrected chi connectivity index (χ1v) is 6.58. The van der Waals surface area contributed by atoms with Gasteiger partial charge in [-0.15, -0.1) is 0 Å². The summed E-state index contributed by atoms with van der Waals surface area (Å²) < 4.78 is 9.88. The maximum absolute atomic E-state index is 8.48. The van der Waals surface area contributed by atoms with Gasteiger partial charge >= 0.3 is 0 Å². The van der Waals surface area contributed by atoms with E-state index in [1.165, 1.54) is 0 Å². The number of hydrogen-bond donors (Lipinski definition) is 4. The number of nitrogens with zero attached hydrogens (tertiary/aromatic N) is 1. The molecule has 0 aromatic rings. The molecule has 0 rings (SSSR count). The van der Waals surface area contributed by atoms with E-state index in [1.807, 2.05) is 6.92 Å². The van der Waals surface area contributed by atoms with E-state index in [1.54, 1.807) is 4.90 Å². The topological polar surface area (TPSA) is 103 Å². The summed E-state index contributed by atoms with van der Waals surface area (Å²) in [7, 11) is 0. The van der Waals surface area contributed by atoms with E-state index in [2.05, 4.69) is 0 Å². The first-order chi connectivity index (χ1) is 9.26. The van der Waals surface area contributed by atoms with Crippen LogP contribution in [0, 0.1) is 0 Å². The van der Waals surface area contributed by atoms with Gasteiger partial charge in [-0.05, 0) is 6.92 Å². The molecule has 0 bridgehead atoms. The van der Waals surface area contributed by atoms with Crippen LogP contribution in [0.1, 0.15) is 6.92 Å². The minimum atomic E-state index is 0.0694.